The van der Waals surface area contributed by atoms with Gasteiger partial charge in [-0.2, -0.15) is 0 Å². The van der Waals surface area contributed by atoms with Crippen molar-refractivity contribution in [2.75, 3.05) is 11.4 Å². The van der Waals surface area contributed by atoms with Gasteiger partial charge in [-0.15, -0.1) is 0 Å². The van der Waals surface area contributed by atoms with Crippen LogP contribution >= 0.6 is 11.6 Å². The van der Waals surface area contributed by atoms with Crippen molar-refractivity contribution in [3.63, 3.8) is 0 Å². The third kappa shape index (κ3) is 3.55. The number of ether oxygens (including phenoxy) is 1. The molecular formula is C21H15ClF2N2O2. The van der Waals surface area contributed by atoms with E-state index in [-0.39, 0.29) is 28.2 Å². The summed E-state index contributed by atoms with van der Waals surface area (Å²) < 4.78 is 32.7. The van der Waals surface area contributed by atoms with E-state index in [0.29, 0.717) is 24.2 Å². The van der Waals surface area contributed by atoms with E-state index >= 15 is 0 Å². The van der Waals surface area contributed by atoms with Crippen LogP contribution in [0.1, 0.15) is 22.3 Å². The molecule has 0 radical (unpaired) electrons. The molecule has 0 fully saturated rings. The minimum absolute atomic E-state index is 0.0822. The molecule has 4 nitrogen and oxygen atoms in total. The number of hydrogen-bond donors (Lipinski definition) is 0. The molecule has 0 spiro atoms. The smallest absolute Gasteiger partial charge is 0.262 e. The second-order valence-electron chi connectivity index (χ2n) is 6.38. The fraction of sp³-hybridized carbons (Fsp3) is 0.143. The number of carbonyl (C=O) groups is 1. The fourth-order valence-electron chi connectivity index (χ4n) is 3.23. The predicted octanol–water partition coefficient (Wildman–Crippen LogP) is 5.40. The van der Waals surface area contributed by atoms with Crippen molar-refractivity contribution in [1.29, 1.82) is 0 Å². The highest BCUT2D eigenvalue weighted by Crippen LogP contribution is 2.32. The quantitative estimate of drug-likeness (QED) is 0.591. The summed E-state index contributed by atoms with van der Waals surface area (Å²) in [4.78, 5) is 18.8. The molecule has 4 rings (SSSR count). The molecule has 0 aliphatic carbocycles. The van der Waals surface area contributed by atoms with Crippen molar-refractivity contribution in [3.05, 3.63) is 82.6 Å². The zero-order valence-electron chi connectivity index (χ0n) is 14.7. The number of benzene rings is 2. The predicted molar refractivity (Wildman–Crippen MR) is 102 cm³/mol. The number of rotatable bonds is 3. The van der Waals surface area contributed by atoms with E-state index in [0.717, 1.165) is 12.0 Å². The van der Waals surface area contributed by atoms with Crippen LogP contribution in [-0.4, -0.2) is 17.4 Å². The first-order valence-corrected chi connectivity index (χ1v) is 9.08. The van der Waals surface area contributed by atoms with Gasteiger partial charge in [-0.05, 0) is 54.8 Å². The number of aryl methyl sites for hydroxylation is 1. The monoisotopic (exact) mass is 400 g/mol. The molecule has 0 saturated carbocycles. The molecule has 0 bridgehead atoms. The third-order valence-electron chi connectivity index (χ3n) is 4.54. The van der Waals surface area contributed by atoms with Crippen LogP contribution in [0.2, 0.25) is 5.02 Å². The van der Waals surface area contributed by atoms with E-state index in [1.807, 2.05) is 0 Å². The van der Waals surface area contributed by atoms with Gasteiger partial charge in [0.1, 0.15) is 17.4 Å². The second kappa shape index (κ2) is 7.56. The summed E-state index contributed by atoms with van der Waals surface area (Å²) >= 11 is 5.80. The van der Waals surface area contributed by atoms with Crippen molar-refractivity contribution in [2.45, 2.75) is 12.8 Å². The van der Waals surface area contributed by atoms with Gasteiger partial charge >= 0.3 is 0 Å². The number of aromatic nitrogens is 1. The lowest BCUT2D eigenvalue weighted by Gasteiger charge is -2.30. The van der Waals surface area contributed by atoms with Gasteiger partial charge in [0.25, 0.3) is 5.91 Å². The third-order valence-corrected chi connectivity index (χ3v) is 4.83. The Kier molecular flexibility index (Phi) is 4.96. The number of halogens is 3. The van der Waals surface area contributed by atoms with Crippen molar-refractivity contribution in [3.8, 4) is 11.5 Å². The highest BCUT2D eigenvalue weighted by molar-refractivity contribution is 6.30. The lowest BCUT2D eigenvalue weighted by atomic mass is 10.0. The van der Waals surface area contributed by atoms with Crippen LogP contribution in [-0.2, 0) is 6.42 Å². The highest BCUT2D eigenvalue weighted by atomic mass is 35.5. The minimum atomic E-state index is -0.561. The Morgan fingerprint density at radius 2 is 2.00 bits per heavy atom. The summed E-state index contributed by atoms with van der Waals surface area (Å²) in [6.07, 6.45) is 4.36. The van der Waals surface area contributed by atoms with Gasteiger partial charge in [0.05, 0.1) is 16.8 Å². The van der Waals surface area contributed by atoms with Crippen molar-refractivity contribution in [1.82, 2.24) is 4.98 Å². The van der Waals surface area contributed by atoms with E-state index in [4.69, 9.17) is 16.3 Å². The molecule has 3 aromatic rings. The normalized spacial score (nSPS) is 13.2. The van der Waals surface area contributed by atoms with Crippen LogP contribution in [0.25, 0.3) is 0 Å². The molecule has 2 heterocycles. The van der Waals surface area contributed by atoms with E-state index in [1.54, 1.807) is 17.0 Å². The van der Waals surface area contributed by atoms with Crippen molar-refractivity contribution in [2.24, 2.45) is 0 Å². The Hall–Kier alpha value is -2.99. The van der Waals surface area contributed by atoms with Crippen LogP contribution in [0.15, 0.2) is 54.9 Å². The number of pyridine rings is 1. The number of anilines is 1. The van der Waals surface area contributed by atoms with Crippen LogP contribution < -0.4 is 9.64 Å². The zero-order chi connectivity index (χ0) is 19.7. The zero-order valence-corrected chi connectivity index (χ0v) is 15.4. The Morgan fingerprint density at radius 3 is 2.82 bits per heavy atom. The maximum atomic E-state index is 13.5. The minimum Gasteiger partial charge on any atom is -0.455 e. The maximum Gasteiger partial charge on any atom is 0.262 e. The first kappa shape index (κ1) is 18.4. The van der Waals surface area contributed by atoms with Gasteiger partial charge in [0.2, 0.25) is 0 Å². The van der Waals surface area contributed by atoms with Gasteiger partial charge in [0.15, 0.2) is 5.75 Å². The summed E-state index contributed by atoms with van der Waals surface area (Å²) in [6, 6.07) is 9.90. The molecule has 0 saturated heterocycles. The molecule has 2 aromatic carbocycles. The molecule has 0 N–H and O–H groups in total. The topological polar surface area (TPSA) is 42.4 Å². The first-order valence-electron chi connectivity index (χ1n) is 8.70. The number of carbonyl (C=O) groups excluding carboxylic acids is 1. The van der Waals surface area contributed by atoms with Gasteiger partial charge in [-0.3, -0.25) is 9.78 Å². The lowest BCUT2D eigenvalue weighted by molar-refractivity contribution is 0.0982. The summed E-state index contributed by atoms with van der Waals surface area (Å²) in [7, 11) is 0. The number of hydrogen-bond acceptors (Lipinski definition) is 3. The molecule has 7 heteroatoms. The summed E-state index contributed by atoms with van der Waals surface area (Å²) in [5.74, 6) is -0.653. The Labute approximate surface area is 165 Å². The second-order valence-corrected chi connectivity index (χ2v) is 6.79. The molecule has 142 valence electrons. The fourth-order valence-corrected chi connectivity index (χ4v) is 3.40. The standard InChI is InChI=1S/C21H15ClF2N2O2/c22-17-11-15(4-5-18(17)24)28-20-12-25-8-7-16(20)21(27)26-9-1-2-13-10-14(23)3-6-19(13)26/h3-8,10-12H,1-2,9H2. The van der Waals surface area contributed by atoms with E-state index in [2.05, 4.69) is 4.98 Å². The van der Waals surface area contributed by atoms with Crippen molar-refractivity contribution < 1.29 is 18.3 Å². The number of amides is 1. The molecule has 28 heavy (non-hydrogen) atoms. The Balaban J connectivity index is 1.67. The van der Waals surface area contributed by atoms with Gasteiger partial charge in [-0.1, -0.05) is 11.6 Å². The SMILES string of the molecule is O=C(c1ccncc1Oc1ccc(F)c(Cl)c1)N1CCCc2cc(F)ccc21. The van der Waals surface area contributed by atoms with Crippen LogP contribution in [0.5, 0.6) is 11.5 Å². The lowest BCUT2D eigenvalue weighted by Crippen LogP contribution is -2.35. The molecule has 1 amide bonds. The van der Waals surface area contributed by atoms with Crippen LogP contribution in [0.4, 0.5) is 14.5 Å². The average Bonchev–Trinajstić information content (AvgIpc) is 2.70. The summed E-state index contributed by atoms with van der Waals surface area (Å²) in [5.41, 5.74) is 1.78. The van der Waals surface area contributed by atoms with Crippen LogP contribution in [0, 0.1) is 11.6 Å². The Bertz CT molecular complexity index is 1060. The molecule has 1 aliphatic heterocycles. The van der Waals surface area contributed by atoms with Gasteiger partial charge in [-0.25, -0.2) is 8.78 Å². The molecular weight excluding hydrogens is 386 g/mol. The molecule has 1 aliphatic rings. The molecule has 0 unspecified atom stereocenters. The van der Waals surface area contributed by atoms with Crippen molar-refractivity contribution >= 4 is 23.2 Å². The van der Waals surface area contributed by atoms with E-state index in [1.165, 1.54) is 42.7 Å². The molecule has 0 atom stereocenters. The number of nitrogens with zero attached hydrogens (tertiary/aromatic N) is 2. The summed E-state index contributed by atoms with van der Waals surface area (Å²) in [6.45, 7) is 0.515. The highest BCUT2D eigenvalue weighted by Gasteiger charge is 2.26. The Morgan fingerprint density at radius 1 is 1.14 bits per heavy atom. The number of fused-ring (bicyclic) bond motifs is 1. The van der Waals surface area contributed by atoms with Gasteiger partial charge < -0.3 is 9.64 Å². The maximum absolute atomic E-state index is 13.5. The average molecular weight is 401 g/mol. The van der Waals surface area contributed by atoms with E-state index in [9.17, 15) is 13.6 Å². The largest absolute Gasteiger partial charge is 0.455 e. The first-order chi connectivity index (χ1) is 13.5. The summed E-state index contributed by atoms with van der Waals surface area (Å²) in [5, 5.41) is -0.0822. The van der Waals surface area contributed by atoms with E-state index < -0.39 is 5.82 Å². The van der Waals surface area contributed by atoms with Gasteiger partial charge in [0, 0.05) is 24.5 Å². The van der Waals surface area contributed by atoms with Crippen LogP contribution in [0.3, 0.4) is 0 Å². The molecule has 1 aromatic heterocycles.